The van der Waals surface area contributed by atoms with Crippen LogP contribution in [0.25, 0.3) is 0 Å². The van der Waals surface area contributed by atoms with E-state index in [0.29, 0.717) is 17.6 Å². The van der Waals surface area contributed by atoms with Gasteiger partial charge < -0.3 is 10.1 Å². The highest BCUT2D eigenvalue weighted by Crippen LogP contribution is 2.23. The van der Waals surface area contributed by atoms with Crippen molar-refractivity contribution in [3.63, 3.8) is 0 Å². The van der Waals surface area contributed by atoms with E-state index in [9.17, 15) is 8.78 Å². The Hall–Kier alpha value is -0.680. The molecular formula is C11H14BrF2NO. The van der Waals surface area contributed by atoms with Crippen molar-refractivity contribution in [2.75, 3.05) is 18.5 Å². The van der Waals surface area contributed by atoms with Gasteiger partial charge in [-0.1, -0.05) is 15.9 Å². The zero-order valence-electron chi connectivity index (χ0n) is 9.19. The molecule has 0 spiro atoms. The van der Waals surface area contributed by atoms with E-state index in [0.717, 1.165) is 0 Å². The average molecular weight is 294 g/mol. The van der Waals surface area contributed by atoms with E-state index >= 15 is 0 Å². The molecule has 0 amide bonds. The van der Waals surface area contributed by atoms with Crippen molar-refractivity contribution in [3.05, 3.63) is 28.2 Å². The van der Waals surface area contributed by atoms with Crippen molar-refractivity contribution in [2.24, 2.45) is 0 Å². The lowest BCUT2D eigenvalue weighted by Gasteiger charge is -2.11. The van der Waals surface area contributed by atoms with Crippen LogP contribution < -0.4 is 5.32 Å². The van der Waals surface area contributed by atoms with Crippen molar-refractivity contribution >= 4 is 21.6 Å². The number of hydrogen-bond acceptors (Lipinski definition) is 2. The SMILES string of the molecule is CC(C)OCCNc1c(F)cc(Br)cc1F. The topological polar surface area (TPSA) is 21.3 Å². The van der Waals surface area contributed by atoms with Crippen LogP contribution >= 0.6 is 15.9 Å². The lowest BCUT2D eigenvalue weighted by molar-refractivity contribution is 0.0870. The lowest BCUT2D eigenvalue weighted by atomic mass is 10.3. The minimum Gasteiger partial charge on any atom is -0.378 e. The standard InChI is InChI=1S/C11H14BrF2NO/c1-7(2)16-4-3-15-11-9(13)5-8(12)6-10(11)14/h5-7,15H,3-4H2,1-2H3. The van der Waals surface area contributed by atoms with E-state index < -0.39 is 11.6 Å². The van der Waals surface area contributed by atoms with Crippen LogP contribution in [0.2, 0.25) is 0 Å². The molecule has 0 aliphatic carbocycles. The van der Waals surface area contributed by atoms with Gasteiger partial charge in [-0.3, -0.25) is 0 Å². The molecule has 1 rings (SSSR count). The first-order valence-corrected chi connectivity index (χ1v) is 5.80. The van der Waals surface area contributed by atoms with Gasteiger partial charge in [0.05, 0.1) is 12.7 Å². The number of ether oxygens (including phenoxy) is 1. The molecule has 1 aromatic carbocycles. The minimum atomic E-state index is -0.614. The molecule has 0 aliphatic rings. The summed E-state index contributed by atoms with van der Waals surface area (Å²) in [5.41, 5.74) is -0.115. The lowest BCUT2D eigenvalue weighted by Crippen LogP contribution is -2.14. The highest BCUT2D eigenvalue weighted by Gasteiger charge is 2.09. The van der Waals surface area contributed by atoms with Gasteiger partial charge in [0.2, 0.25) is 0 Å². The molecule has 0 bridgehead atoms. The number of benzene rings is 1. The van der Waals surface area contributed by atoms with Gasteiger partial charge >= 0.3 is 0 Å². The van der Waals surface area contributed by atoms with Crippen LogP contribution in [0.3, 0.4) is 0 Å². The fourth-order valence-corrected chi connectivity index (χ4v) is 1.58. The highest BCUT2D eigenvalue weighted by molar-refractivity contribution is 9.10. The molecule has 1 N–H and O–H groups in total. The zero-order valence-corrected chi connectivity index (χ0v) is 10.8. The normalized spacial score (nSPS) is 10.9. The molecule has 0 unspecified atom stereocenters. The third-order valence-corrected chi connectivity index (χ3v) is 2.32. The molecule has 2 nitrogen and oxygen atoms in total. The maximum atomic E-state index is 13.3. The second-order valence-electron chi connectivity index (χ2n) is 3.59. The summed E-state index contributed by atoms with van der Waals surface area (Å²) in [5, 5.41) is 2.67. The van der Waals surface area contributed by atoms with Crippen LogP contribution in [-0.2, 0) is 4.74 Å². The highest BCUT2D eigenvalue weighted by atomic mass is 79.9. The summed E-state index contributed by atoms with van der Waals surface area (Å²) in [6.45, 7) is 4.59. The fraction of sp³-hybridized carbons (Fsp3) is 0.455. The van der Waals surface area contributed by atoms with Gasteiger partial charge in [0.1, 0.15) is 17.3 Å². The van der Waals surface area contributed by atoms with Crippen LogP contribution in [0, 0.1) is 11.6 Å². The number of anilines is 1. The molecule has 0 aromatic heterocycles. The van der Waals surface area contributed by atoms with Gasteiger partial charge in [-0.05, 0) is 26.0 Å². The summed E-state index contributed by atoms with van der Waals surface area (Å²) in [7, 11) is 0. The van der Waals surface area contributed by atoms with Gasteiger partial charge in [0, 0.05) is 11.0 Å². The van der Waals surface area contributed by atoms with E-state index in [4.69, 9.17) is 4.74 Å². The van der Waals surface area contributed by atoms with Crippen LogP contribution in [0.15, 0.2) is 16.6 Å². The minimum absolute atomic E-state index is 0.112. The van der Waals surface area contributed by atoms with Gasteiger partial charge in [-0.15, -0.1) is 0 Å². The van der Waals surface area contributed by atoms with E-state index in [1.165, 1.54) is 12.1 Å². The van der Waals surface area contributed by atoms with Crippen molar-refractivity contribution in [1.82, 2.24) is 0 Å². The summed E-state index contributed by atoms with van der Waals surface area (Å²) in [4.78, 5) is 0. The van der Waals surface area contributed by atoms with Crippen molar-refractivity contribution in [1.29, 1.82) is 0 Å². The predicted octanol–water partition coefficient (Wildman–Crippen LogP) is 3.56. The molecule has 0 saturated heterocycles. The maximum absolute atomic E-state index is 13.3. The number of rotatable bonds is 5. The molecule has 5 heteroatoms. The molecule has 0 heterocycles. The maximum Gasteiger partial charge on any atom is 0.150 e. The van der Waals surface area contributed by atoms with Crippen LogP contribution in [-0.4, -0.2) is 19.3 Å². The van der Waals surface area contributed by atoms with Crippen molar-refractivity contribution < 1.29 is 13.5 Å². The molecule has 0 saturated carbocycles. The zero-order chi connectivity index (χ0) is 12.1. The second-order valence-corrected chi connectivity index (χ2v) is 4.51. The molecule has 0 fully saturated rings. The first kappa shape index (κ1) is 13.4. The number of nitrogens with one attached hydrogen (secondary N) is 1. The number of hydrogen-bond donors (Lipinski definition) is 1. The monoisotopic (exact) mass is 293 g/mol. The second kappa shape index (κ2) is 6.15. The van der Waals surface area contributed by atoms with E-state index in [-0.39, 0.29) is 11.8 Å². The Morgan fingerprint density at radius 1 is 1.31 bits per heavy atom. The molecule has 0 aliphatic heterocycles. The molecule has 0 radical (unpaired) electrons. The summed E-state index contributed by atoms with van der Waals surface area (Å²) in [5.74, 6) is -1.23. The molecular weight excluding hydrogens is 280 g/mol. The Bertz CT molecular complexity index is 335. The summed E-state index contributed by atoms with van der Waals surface area (Å²) in [6.07, 6.45) is 0.112. The van der Waals surface area contributed by atoms with Gasteiger partial charge in [-0.25, -0.2) is 8.78 Å². The number of halogens is 3. The quantitative estimate of drug-likeness (QED) is 0.838. The van der Waals surface area contributed by atoms with E-state index in [2.05, 4.69) is 21.2 Å². The smallest absolute Gasteiger partial charge is 0.150 e. The molecule has 90 valence electrons. The molecule has 16 heavy (non-hydrogen) atoms. The van der Waals surface area contributed by atoms with Crippen LogP contribution in [0.4, 0.5) is 14.5 Å². The largest absolute Gasteiger partial charge is 0.378 e. The Labute approximate surface area is 102 Å². The molecule has 0 atom stereocenters. The third-order valence-electron chi connectivity index (χ3n) is 1.86. The van der Waals surface area contributed by atoms with E-state index in [1.54, 1.807) is 0 Å². The summed E-state index contributed by atoms with van der Waals surface area (Å²) < 4.78 is 32.3. The van der Waals surface area contributed by atoms with Crippen molar-refractivity contribution in [3.8, 4) is 0 Å². The summed E-state index contributed by atoms with van der Waals surface area (Å²) in [6, 6.07) is 2.43. The summed E-state index contributed by atoms with van der Waals surface area (Å²) >= 11 is 3.02. The first-order valence-electron chi connectivity index (χ1n) is 5.00. The fourth-order valence-electron chi connectivity index (χ4n) is 1.18. The Balaban J connectivity index is 2.54. The molecule has 1 aromatic rings. The Morgan fingerprint density at radius 3 is 2.38 bits per heavy atom. The average Bonchev–Trinajstić information content (AvgIpc) is 2.14. The predicted molar refractivity (Wildman–Crippen MR) is 63.6 cm³/mol. The Kier molecular flexibility index (Phi) is 5.15. The van der Waals surface area contributed by atoms with Crippen LogP contribution in [0.5, 0.6) is 0 Å². The Morgan fingerprint density at radius 2 is 1.88 bits per heavy atom. The van der Waals surface area contributed by atoms with Gasteiger partial charge in [0.25, 0.3) is 0 Å². The van der Waals surface area contributed by atoms with Crippen molar-refractivity contribution in [2.45, 2.75) is 20.0 Å². The van der Waals surface area contributed by atoms with E-state index in [1.807, 2.05) is 13.8 Å². The van der Waals surface area contributed by atoms with Gasteiger partial charge in [-0.2, -0.15) is 0 Å². The van der Waals surface area contributed by atoms with Gasteiger partial charge in [0.15, 0.2) is 0 Å². The van der Waals surface area contributed by atoms with Crippen LogP contribution in [0.1, 0.15) is 13.8 Å². The third kappa shape index (κ3) is 4.06. The first-order chi connectivity index (χ1) is 7.50.